The fourth-order valence-electron chi connectivity index (χ4n) is 3.72. The number of anilines is 1. The first-order chi connectivity index (χ1) is 13.1. The molecule has 4 rings (SSSR count). The van der Waals surface area contributed by atoms with Crippen molar-refractivity contribution < 1.29 is 4.79 Å². The number of imidazole rings is 1. The zero-order chi connectivity index (χ0) is 18.8. The average Bonchev–Trinajstić information content (AvgIpc) is 3.28. The molecule has 0 radical (unpaired) electrons. The van der Waals surface area contributed by atoms with E-state index in [2.05, 4.69) is 27.1 Å². The van der Waals surface area contributed by atoms with Gasteiger partial charge in [0.15, 0.2) is 5.13 Å². The van der Waals surface area contributed by atoms with Crippen molar-refractivity contribution in [2.24, 2.45) is 5.92 Å². The van der Waals surface area contributed by atoms with E-state index in [9.17, 15) is 4.79 Å². The maximum Gasteiger partial charge on any atom is 0.248 e. The lowest BCUT2D eigenvalue weighted by atomic mass is 10.0. The first kappa shape index (κ1) is 18.1. The Hall–Kier alpha value is -2.25. The van der Waals surface area contributed by atoms with Gasteiger partial charge in [0.25, 0.3) is 0 Å². The Labute approximate surface area is 163 Å². The molecule has 2 aromatic heterocycles. The Balaban J connectivity index is 1.40. The number of likely N-dealkylation sites (tertiary alicyclic amines) is 1. The van der Waals surface area contributed by atoms with Crippen molar-refractivity contribution in [2.45, 2.75) is 39.3 Å². The highest BCUT2D eigenvalue weighted by atomic mass is 32.1. The summed E-state index contributed by atoms with van der Waals surface area (Å²) in [5, 5.41) is 5.67. The van der Waals surface area contributed by atoms with Gasteiger partial charge in [0.05, 0.1) is 23.1 Å². The molecule has 1 N–H and O–H groups in total. The molecule has 0 aliphatic carbocycles. The third-order valence-corrected chi connectivity index (χ3v) is 5.99. The molecule has 1 saturated heterocycles. The van der Waals surface area contributed by atoms with Gasteiger partial charge in [-0.2, -0.15) is 0 Å². The largest absolute Gasteiger partial charge is 0.318 e. The summed E-state index contributed by atoms with van der Waals surface area (Å²) in [4.78, 5) is 24.1. The van der Waals surface area contributed by atoms with E-state index < -0.39 is 0 Å². The summed E-state index contributed by atoms with van der Waals surface area (Å²) in [5.41, 5.74) is 2.88. The Morgan fingerprint density at radius 3 is 3.11 bits per heavy atom. The van der Waals surface area contributed by atoms with E-state index in [1.54, 1.807) is 6.33 Å². The topological polar surface area (TPSA) is 63.1 Å². The van der Waals surface area contributed by atoms with Gasteiger partial charge in [0.2, 0.25) is 5.91 Å². The number of rotatable bonds is 5. The van der Waals surface area contributed by atoms with Crippen molar-refractivity contribution in [3.63, 3.8) is 0 Å². The number of piperidine rings is 1. The summed E-state index contributed by atoms with van der Waals surface area (Å²) >= 11 is 1.49. The lowest BCUT2D eigenvalue weighted by Crippen LogP contribution is -2.33. The fraction of sp³-hybridized carbons (Fsp3) is 0.450. The van der Waals surface area contributed by atoms with E-state index in [-0.39, 0.29) is 11.9 Å². The molecular weight excluding hydrogens is 358 g/mol. The van der Waals surface area contributed by atoms with Gasteiger partial charge in [0, 0.05) is 18.5 Å². The number of thiazole rings is 1. The van der Waals surface area contributed by atoms with E-state index in [0.29, 0.717) is 5.13 Å². The lowest BCUT2D eigenvalue weighted by molar-refractivity contribution is -0.118. The molecule has 27 heavy (non-hydrogen) atoms. The minimum atomic E-state index is -0.354. The molecule has 1 amide bonds. The molecule has 3 heterocycles. The van der Waals surface area contributed by atoms with Gasteiger partial charge in [-0.25, -0.2) is 9.97 Å². The van der Waals surface area contributed by atoms with Crippen LogP contribution in [0.1, 0.15) is 38.4 Å². The van der Waals surface area contributed by atoms with Crippen LogP contribution < -0.4 is 5.32 Å². The second-order valence-corrected chi connectivity index (χ2v) is 8.29. The van der Waals surface area contributed by atoms with Gasteiger partial charge in [-0.1, -0.05) is 19.1 Å². The highest BCUT2D eigenvalue weighted by molar-refractivity contribution is 7.13. The zero-order valence-electron chi connectivity index (χ0n) is 15.8. The predicted octanol–water partition coefficient (Wildman–Crippen LogP) is 3.92. The monoisotopic (exact) mass is 383 g/mol. The first-order valence-corrected chi connectivity index (χ1v) is 10.4. The van der Waals surface area contributed by atoms with Crippen molar-refractivity contribution in [1.82, 2.24) is 19.4 Å². The van der Waals surface area contributed by atoms with Crippen molar-refractivity contribution in [2.75, 3.05) is 18.4 Å². The number of carbonyl (C=O) groups excluding carboxylic acids is 1. The number of fused-ring (bicyclic) bond motifs is 1. The lowest BCUT2D eigenvalue weighted by Gasteiger charge is -2.30. The number of para-hydroxylation sites is 2. The number of aromatic nitrogens is 3. The summed E-state index contributed by atoms with van der Waals surface area (Å²) in [6.45, 7) is 7.31. The Morgan fingerprint density at radius 1 is 1.41 bits per heavy atom. The average molecular weight is 384 g/mol. The number of nitrogens with one attached hydrogen (secondary N) is 1. The predicted molar refractivity (Wildman–Crippen MR) is 109 cm³/mol. The molecule has 1 aliphatic rings. The van der Waals surface area contributed by atoms with Gasteiger partial charge in [-0.3, -0.25) is 9.69 Å². The highest BCUT2D eigenvalue weighted by Gasteiger charge is 2.20. The van der Waals surface area contributed by atoms with Crippen LogP contribution in [0.15, 0.2) is 36.0 Å². The van der Waals surface area contributed by atoms with Gasteiger partial charge >= 0.3 is 0 Å². The van der Waals surface area contributed by atoms with Crippen LogP contribution in [-0.2, 0) is 11.3 Å². The van der Waals surface area contributed by atoms with Gasteiger partial charge < -0.3 is 9.88 Å². The molecule has 7 heteroatoms. The fourth-order valence-corrected chi connectivity index (χ4v) is 4.42. The molecule has 1 aromatic carbocycles. The van der Waals surface area contributed by atoms with Gasteiger partial charge in [-0.15, -0.1) is 11.3 Å². The van der Waals surface area contributed by atoms with Gasteiger partial charge in [-0.05, 0) is 44.4 Å². The number of amides is 1. The molecule has 2 atom stereocenters. The van der Waals surface area contributed by atoms with Crippen molar-refractivity contribution in [1.29, 1.82) is 0 Å². The van der Waals surface area contributed by atoms with E-state index in [1.165, 1.54) is 24.2 Å². The number of nitrogens with zero attached hydrogens (tertiary/aromatic N) is 4. The van der Waals surface area contributed by atoms with Crippen LogP contribution in [0, 0.1) is 5.92 Å². The molecule has 0 saturated carbocycles. The summed E-state index contributed by atoms with van der Waals surface area (Å²) in [6.07, 6.45) is 4.29. The molecule has 142 valence electrons. The maximum atomic E-state index is 12.7. The highest BCUT2D eigenvalue weighted by Crippen LogP contribution is 2.23. The van der Waals surface area contributed by atoms with E-state index in [0.717, 1.165) is 42.3 Å². The van der Waals surface area contributed by atoms with Crippen LogP contribution in [0.3, 0.4) is 0 Å². The normalized spacial score (nSPS) is 19.3. The summed E-state index contributed by atoms with van der Waals surface area (Å²) < 4.78 is 1.90. The van der Waals surface area contributed by atoms with Crippen LogP contribution in [0.5, 0.6) is 0 Å². The molecule has 2 unspecified atom stereocenters. The molecule has 0 bridgehead atoms. The summed E-state index contributed by atoms with van der Waals surface area (Å²) in [6, 6.07) is 7.48. The molecule has 3 aromatic rings. The smallest absolute Gasteiger partial charge is 0.248 e. The Bertz CT molecular complexity index is 933. The van der Waals surface area contributed by atoms with Crippen LogP contribution in [-0.4, -0.2) is 38.4 Å². The van der Waals surface area contributed by atoms with Crippen molar-refractivity contribution in [3.8, 4) is 0 Å². The summed E-state index contributed by atoms with van der Waals surface area (Å²) in [7, 11) is 0. The van der Waals surface area contributed by atoms with Crippen molar-refractivity contribution in [3.05, 3.63) is 41.7 Å². The third kappa shape index (κ3) is 4.04. The number of hydrogen-bond donors (Lipinski definition) is 1. The molecule has 6 nitrogen and oxygen atoms in total. The Kier molecular flexibility index (Phi) is 5.22. The van der Waals surface area contributed by atoms with E-state index in [1.807, 2.05) is 41.1 Å². The van der Waals surface area contributed by atoms with E-state index in [4.69, 9.17) is 0 Å². The molecule has 1 fully saturated rings. The molecular formula is C20H25N5OS. The van der Waals surface area contributed by atoms with Crippen LogP contribution >= 0.6 is 11.3 Å². The maximum absolute atomic E-state index is 12.7. The third-order valence-electron chi connectivity index (χ3n) is 5.19. The zero-order valence-corrected chi connectivity index (χ0v) is 16.6. The van der Waals surface area contributed by atoms with Crippen LogP contribution in [0.4, 0.5) is 5.13 Å². The minimum absolute atomic E-state index is 0.0781. The number of hydrogen-bond acceptors (Lipinski definition) is 5. The van der Waals surface area contributed by atoms with Crippen molar-refractivity contribution >= 4 is 33.4 Å². The number of benzene rings is 1. The second kappa shape index (κ2) is 7.78. The van der Waals surface area contributed by atoms with Crippen LogP contribution in [0.2, 0.25) is 0 Å². The molecule has 0 spiro atoms. The van der Waals surface area contributed by atoms with Crippen LogP contribution in [0.25, 0.3) is 11.0 Å². The Morgan fingerprint density at radius 2 is 2.26 bits per heavy atom. The first-order valence-electron chi connectivity index (χ1n) is 9.49. The second-order valence-electron chi connectivity index (χ2n) is 7.43. The standard InChI is InChI=1S/C20H25N5OS/c1-14-6-5-9-24(10-14)11-16-12-27-20(22-16)23-19(26)15(2)25-13-21-17-7-3-4-8-18(17)25/h3-4,7-8,12-15H,5-6,9-11H2,1-2H3,(H,22,23,26). The minimum Gasteiger partial charge on any atom is -0.318 e. The van der Waals surface area contributed by atoms with Gasteiger partial charge in [0.1, 0.15) is 6.04 Å². The number of carbonyl (C=O) groups is 1. The summed E-state index contributed by atoms with van der Waals surface area (Å²) in [5.74, 6) is 0.674. The molecule has 1 aliphatic heterocycles. The quantitative estimate of drug-likeness (QED) is 0.725. The SMILES string of the molecule is CC1CCCN(Cc2csc(NC(=O)C(C)n3cnc4ccccc43)n2)C1. The van der Waals surface area contributed by atoms with E-state index >= 15 is 0 Å².